The predicted octanol–water partition coefficient (Wildman–Crippen LogP) is 3.46. The van der Waals surface area contributed by atoms with E-state index in [0.717, 1.165) is 43.7 Å². The second-order valence-corrected chi connectivity index (χ2v) is 6.28. The number of carbonyl (C=O) groups is 1. The lowest BCUT2D eigenvalue weighted by Gasteiger charge is -2.25. The highest BCUT2D eigenvalue weighted by atomic mass is 32.1. The number of hydrogen-bond donors (Lipinski definition) is 1. The van der Waals surface area contributed by atoms with E-state index in [-0.39, 0.29) is 5.41 Å². The predicted molar refractivity (Wildman–Crippen MR) is 81.9 cm³/mol. The Bertz CT molecular complexity index is 481. The van der Waals surface area contributed by atoms with Gasteiger partial charge in [0.2, 0.25) is 5.91 Å². The van der Waals surface area contributed by atoms with Crippen molar-refractivity contribution in [3.05, 3.63) is 29.8 Å². The molecule has 0 aromatic heterocycles. The molecule has 1 fully saturated rings. The number of amides is 1. The molecular formula is C16H21NOS. The molecule has 3 heteroatoms. The van der Waals surface area contributed by atoms with E-state index in [9.17, 15) is 4.79 Å². The number of rotatable bonds is 3. The van der Waals surface area contributed by atoms with Crippen LogP contribution in [0, 0.1) is 5.41 Å². The zero-order valence-electron chi connectivity index (χ0n) is 11.3. The second-order valence-electron chi connectivity index (χ2n) is 5.97. The number of anilines is 1. The van der Waals surface area contributed by atoms with Crippen molar-refractivity contribution >= 4 is 24.2 Å². The molecule has 1 amide bonds. The number of nitrogens with zero attached hydrogens (tertiary/aromatic N) is 1. The molecule has 1 aliphatic carbocycles. The third kappa shape index (κ3) is 2.66. The Kier molecular flexibility index (Phi) is 3.57. The molecule has 1 aromatic rings. The molecule has 0 N–H and O–H groups in total. The Labute approximate surface area is 120 Å². The van der Waals surface area contributed by atoms with Crippen molar-refractivity contribution in [2.45, 2.75) is 38.5 Å². The fourth-order valence-electron chi connectivity index (χ4n) is 2.93. The molecule has 0 spiro atoms. The minimum Gasteiger partial charge on any atom is -0.312 e. The Morgan fingerprint density at radius 2 is 2.05 bits per heavy atom. The molecule has 102 valence electrons. The van der Waals surface area contributed by atoms with Crippen LogP contribution in [0.1, 0.15) is 37.7 Å². The molecule has 0 bridgehead atoms. The maximum Gasteiger partial charge on any atom is 0.227 e. The highest BCUT2D eigenvalue weighted by Gasteiger charge is 2.44. The molecule has 2 aliphatic rings. The molecule has 0 saturated heterocycles. The zero-order valence-corrected chi connectivity index (χ0v) is 12.2. The van der Waals surface area contributed by atoms with Gasteiger partial charge in [-0.25, -0.2) is 0 Å². The zero-order chi connectivity index (χ0) is 13.3. The van der Waals surface area contributed by atoms with Gasteiger partial charge in [0, 0.05) is 18.7 Å². The number of carbonyl (C=O) groups excluding carboxylic acids is 1. The van der Waals surface area contributed by atoms with Crippen LogP contribution in [0.5, 0.6) is 0 Å². The maximum atomic E-state index is 12.6. The van der Waals surface area contributed by atoms with E-state index in [2.05, 4.69) is 30.8 Å². The average molecular weight is 275 g/mol. The van der Waals surface area contributed by atoms with Crippen LogP contribution in [-0.4, -0.2) is 18.2 Å². The van der Waals surface area contributed by atoms with Gasteiger partial charge in [-0.2, -0.15) is 12.6 Å². The van der Waals surface area contributed by atoms with Crippen molar-refractivity contribution in [1.82, 2.24) is 0 Å². The molecule has 1 aliphatic heterocycles. The minimum absolute atomic E-state index is 0.210. The largest absolute Gasteiger partial charge is 0.312 e. The fourth-order valence-corrected chi connectivity index (χ4v) is 3.36. The number of aryl methyl sites for hydroxylation is 1. The number of thiol groups is 1. The SMILES string of the molecule is O=C(CC1(CS)CC1)N1CCCCc2ccccc21. The van der Waals surface area contributed by atoms with E-state index in [1.807, 2.05) is 11.0 Å². The number of para-hydroxylation sites is 1. The summed E-state index contributed by atoms with van der Waals surface area (Å²) in [5, 5.41) is 0. The Morgan fingerprint density at radius 1 is 1.26 bits per heavy atom. The van der Waals surface area contributed by atoms with E-state index < -0.39 is 0 Å². The maximum absolute atomic E-state index is 12.6. The third-order valence-corrected chi connectivity index (χ3v) is 5.15. The van der Waals surface area contributed by atoms with Crippen LogP contribution in [0.25, 0.3) is 0 Å². The minimum atomic E-state index is 0.210. The van der Waals surface area contributed by atoms with Gasteiger partial charge >= 0.3 is 0 Å². The van der Waals surface area contributed by atoms with Gasteiger partial charge < -0.3 is 4.90 Å². The van der Waals surface area contributed by atoms with Crippen molar-refractivity contribution in [3.8, 4) is 0 Å². The summed E-state index contributed by atoms with van der Waals surface area (Å²) in [4.78, 5) is 14.6. The van der Waals surface area contributed by atoms with Crippen LogP contribution < -0.4 is 4.90 Å². The Hall–Kier alpha value is -0.960. The van der Waals surface area contributed by atoms with Gasteiger partial charge in [-0.15, -0.1) is 0 Å². The van der Waals surface area contributed by atoms with Crippen molar-refractivity contribution in [2.75, 3.05) is 17.2 Å². The van der Waals surface area contributed by atoms with E-state index in [1.54, 1.807) is 0 Å². The standard InChI is InChI=1S/C16H21NOS/c18-15(11-16(12-19)8-9-16)17-10-4-3-6-13-5-1-2-7-14(13)17/h1-2,5,7,19H,3-4,6,8-12H2. The van der Waals surface area contributed by atoms with Gasteiger partial charge in [-0.05, 0) is 54.9 Å². The van der Waals surface area contributed by atoms with E-state index in [4.69, 9.17) is 0 Å². The van der Waals surface area contributed by atoms with Crippen LogP contribution in [0.2, 0.25) is 0 Å². The average Bonchev–Trinajstić information content (AvgIpc) is 3.21. The molecule has 19 heavy (non-hydrogen) atoms. The van der Waals surface area contributed by atoms with Gasteiger partial charge in [0.25, 0.3) is 0 Å². The van der Waals surface area contributed by atoms with E-state index in [1.165, 1.54) is 12.0 Å². The smallest absolute Gasteiger partial charge is 0.227 e. The highest BCUT2D eigenvalue weighted by molar-refractivity contribution is 7.80. The molecule has 2 nitrogen and oxygen atoms in total. The molecule has 1 aromatic carbocycles. The van der Waals surface area contributed by atoms with Crippen molar-refractivity contribution in [3.63, 3.8) is 0 Å². The lowest BCUT2D eigenvalue weighted by Crippen LogP contribution is -2.33. The molecule has 0 atom stereocenters. The number of hydrogen-bond acceptors (Lipinski definition) is 2. The summed E-state index contributed by atoms with van der Waals surface area (Å²) in [6, 6.07) is 8.37. The topological polar surface area (TPSA) is 20.3 Å². The Morgan fingerprint density at radius 3 is 2.79 bits per heavy atom. The first-order chi connectivity index (χ1) is 9.24. The monoisotopic (exact) mass is 275 g/mol. The first-order valence-electron chi connectivity index (χ1n) is 7.23. The van der Waals surface area contributed by atoms with Gasteiger partial charge in [0.1, 0.15) is 0 Å². The summed E-state index contributed by atoms with van der Waals surface area (Å²) in [6.07, 6.45) is 6.38. The molecule has 0 radical (unpaired) electrons. The number of benzene rings is 1. The first kappa shape index (κ1) is 13.0. The second kappa shape index (κ2) is 5.20. The van der Waals surface area contributed by atoms with E-state index >= 15 is 0 Å². The molecule has 0 unspecified atom stereocenters. The summed E-state index contributed by atoms with van der Waals surface area (Å²) >= 11 is 4.41. The summed E-state index contributed by atoms with van der Waals surface area (Å²) in [7, 11) is 0. The quantitative estimate of drug-likeness (QED) is 0.838. The molecular weight excluding hydrogens is 254 g/mol. The van der Waals surface area contributed by atoms with Crippen LogP contribution in [-0.2, 0) is 11.2 Å². The summed E-state index contributed by atoms with van der Waals surface area (Å²) in [6.45, 7) is 0.874. The first-order valence-corrected chi connectivity index (χ1v) is 7.86. The lowest BCUT2D eigenvalue weighted by molar-refractivity contribution is -0.119. The van der Waals surface area contributed by atoms with Crippen LogP contribution in [0.15, 0.2) is 24.3 Å². The van der Waals surface area contributed by atoms with Gasteiger partial charge in [0.15, 0.2) is 0 Å². The lowest BCUT2D eigenvalue weighted by atomic mass is 10.0. The number of fused-ring (bicyclic) bond motifs is 1. The summed E-state index contributed by atoms with van der Waals surface area (Å²) < 4.78 is 0. The van der Waals surface area contributed by atoms with Crippen LogP contribution in [0.3, 0.4) is 0 Å². The molecule has 1 saturated carbocycles. The van der Waals surface area contributed by atoms with Crippen molar-refractivity contribution in [2.24, 2.45) is 5.41 Å². The van der Waals surface area contributed by atoms with Gasteiger partial charge in [0.05, 0.1) is 0 Å². The molecule has 1 heterocycles. The normalized spacial score (nSPS) is 20.6. The Balaban J connectivity index is 1.81. The van der Waals surface area contributed by atoms with Crippen molar-refractivity contribution in [1.29, 1.82) is 0 Å². The summed E-state index contributed by atoms with van der Waals surface area (Å²) in [5.41, 5.74) is 2.67. The summed E-state index contributed by atoms with van der Waals surface area (Å²) in [5.74, 6) is 1.13. The van der Waals surface area contributed by atoms with Gasteiger partial charge in [-0.1, -0.05) is 18.2 Å². The van der Waals surface area contributed by atoms with E-state index in [0.29, 0.717) is 12.3 Å². The van der Waals surface area contributed by atoms with Crippen molar-refractivity contribution < 1.29 is 4.79 Å². The third-order valence-electron chi connectivity index (χ3n) is 4.48. The fraction of sp³-hybridized carbons (Fsp3) is 0.562. The molecule has 3 rings (SSSR count). The van der Waals surface area contributed by atoms with Crippen LogP contribution in [0.4, 0.5) is 5.69 Å². The highest BCUT2D eigenvalue weighted by Crippen LogP contribution is 2.50. The van der Waals surface area contributed by atoms with Crippen LogP contribution >= 0.6 is 12.6 Å². The van der Waals surface area contributed by atoms with Gasteiger partial charge in [-0.3, -0.25) is 4.79 Å².